The van der Waals surface area contributed by atoms with E-state index in [1.165, 1.54) is 27.7 Å². The molecule has 4 nitrogen and oxygen atoms in total. The molecule has 2 aromatic carbocycles. The number of aromatic amines is 1. The molecule has 1 N–H and O–H groups in total. The van der Waals surface area contributed by atoms with Crippen molar-refractivity contribution >= 4 is 16.8 Å². The van der Waals surface area contributed by atoms with Crippen LogP contribution in [0.25, 0.3) is 10.9 Å². The van der Waals surface area contributed by atoms with E-state index < -0.39 is 0 Å². The normalized spacial score (nSPS) is 15.3. The third-order valence-electron chi connectivity index (χ3n) is 5.76. The van der Waals surface area contributed by atoms with Crippen molar-refractivity contribution in [3.05, 3.63) is 64.8 Å². The third-order valence-corrected chi connectivity index (χ3v) is 5.76. The van der Waals surface area contributed by atoms with E-state index in [9.17, 15) is 4.79 Å². The highest BCUT2D eigenvalue weighted by atomic mass is 16.5. The molecule has 0 spiro atoms. The van der Waals surface area contributed by atoms with E-state index in [4.69, 9.17) is 4.74 Å². The number of hydrogen-bond donors (Lipinski definition) is 1. The summed E-state index contributed by atoms with van der Waals surface area (Å²) in [4.78, 5) is 18.4. The SMILES string of the molecule is COc1cccc(C(=O)N2CCC(c3[nH]c4ccc(C)cc4c3C)CC2)c1. The van der Waals surface area contributed by atoms with E-state index >= 15 is 0 Å². The lowest BCUT2D eigenvalue weighted by Gasteiger charge is -2.32. The predicted molar refractivity (Wildman–Crippen MR) is 109 cm³/mol. The van der Waals surface area contributed by atoms with Gasteiger partial charge < -0.3 is 14.6 Å². The minimum Gasteiger partial charge on any atom is -0.497 e. The van der Waals surface area contributed by atoms with Crippen molar-refractivity contribution in [1.82, 2.24) is 9.88 Å². The Morgan fingerprint density at radius 3 is 2.63 bits per heavy atom. The Kier molecular flexibility index (Phi) is 4.65. The van der Waals surface area contributed by atoms with Gasteiger partial charge in [0.25, 0.3) is 5.91 Å². The molecule has 1 aliphatic rings. The first-order chi connectivity index (χ1) is 13.1. The largest absolute Gasteiger partial charge is 0.497 e. The number of nitrogens with one attached hydrogen (secondary N) is 1. The Morgan fingerprint density at radius 2 is 1.89 bits per heavy atom. The van der Waals surface area contributed by atoms with Crippen molar-refractivity contribution in [2.24, 2.45) is 0 Å². The molecule has 4 heteroatoms. The van der Waals surface area contributed by atoms with Crippen molar-refractivity contribution in [2.45, 2.75) is 32.6 Å². The maximum atomic E-state index is 12.8. The van der Waals surface area contributed by atoms with E-state index in [2.05, 4.69) is 37.0 Å². The third kappa shape index (κ3) is 3.32. The van der Waals surface area contributed by atoms with Crippen LogP contribution in [0.3, 0.4) is 0 Å². The zero-order chi connectivity index (χ0) is 19.0. The predicted octanol–water partition coefficient (Wildman–Crippen LogP) is 4.81. The van der Waals surface area contributed by atoms with Gasteiger partial charge in [0.15, 0.2) is 0 Å². The molecule has 3 aromatic rings. The first-order valence-electron chi connectivity index (χ1n) is 9.59. The van der Waals surface area contributed by atoms with Crippen LogP contribution in [0.15, 0.2) is 42.5 Å². The number of carbonyl (C=O) groups excluding carboxylic acids is 1. The Labute approximate surface area is 160 Å². The second-order valence-electron chi connectivity index (χ2n) is 7.51. The van der Waals surface area contributed by atoms with Crippen LogP contribution in [0.5, 0.6) is 5.75 Å². The van der Waals surface area contributed by atoms with Gasteiger partial charge in [0.05, 0.1) is 7.11 Å². The Hall–Kier alpha value is -2.75. The summed E-state index contributed by atoms with van der Waals surface area (Å²) in [7, 11) is 1.62. The summed E-state index contributed by atoms with van der Waals surface area (Å²) >= 11 is 0. The van der Waals surface area contributed by atoms with E-state index in [0.717, 1.165) is 31.7 Å². The van der Waals surface area contributed by atoms with Gasteiger partial charge in [0.2, 0.25) is 0 Å². The Bertz CT molecular complexity index is 981. The molecule has 0 saturated carbocycles. The second-order valence-corrected chi connectivity index (χ2v) is 7.51. The second kappa shape index (κ2) is 7.10. The number of amides is 1. The van der Waals surface area contributed by atoms with Gasteiger partial charge in [-0.05, 0) is 62.6 Å². The molecule has 1 saturated heterocycles. The summed E-state index contributed by atoms with van der Waals surface area (Å²) in [5, 5.41) is 1.32. The van der Waals surface area contributed by atoms with Crippen LogP contribution in [0.2, 0.25) is 0 Å². The van der Waals surface area contributed by atoms with Gasteiger partial charge >= 0.3 is 0 Å². The molecule has 140 valence electrons. The van der Waals surface area contributed by atoms with Gasteiger partial charge in [-0.1, -0.05) is 17.7 Å². The number of piperidine rings is 1. The number of benzene rings is 2. The topological polar surface area (TPSA) is 45.3 Å². The van der Waals surface area contributed by atoms with E-state index in [0.29, 0.717) is 11.5 Å². The molecule has 0 unspecified atom stereocenters. The van der Waals surface area contributed by atoms with Crippen LogP contribution >= 0.6 is 0 Å². The summed E-state index contributed by atoms with van der Waals surface area (Å²) in [6.07, 6.45) is 1.98. The van der Waals surface area contributed by atoms with Crippen molar-refractivity contribution in [1.29, 1.82) is 0 Å². The standard InChI is InChI=1S/C23H26N2O2/c1-15-7-8-21-20(13-15)16(2)22(24-21)17-9-11-25(12-10-17)23(26)18-5-4-6-19(14-18)27-3/h4-8,13-14,17,24H,9-12H2,1-3H3. The highest BCUT2D eigenvalue weighted by molar-refractivity contribution is 5.94. The summed E-state index contributed by atoms with van der Waals surface area (Å²) in [6.45, 7) is 5.92. The average molecular weight is 362 g/mol. The van der Waals surface area contributed by atoms with Crippen LogP contribution in [0.1, 0.15) is 45.9 Å². The minimum absolute atomic E-state index is 0.0938. The van der Waals surface area contributed by atoms with Gasteiger partial charge in [-0.15, -0.1) is 0 Å². The number of hydrogen-bond acceptors (Lipinski definition) is 2. The number of aromatic nitrogens is 1. The summed E-state index contributed by atoms with van der Waals surface area (Å²) in [5.41, 5.74) is 5.89. The van der Waals surface area contributed by atoms with Crippen LogP contribution in [0.4, 0.5) is 0 Å². The molecule has 1 fully saturated rings. The van der Waals surface area contributed by atoms with Gasteiger partial charge in [0, 0.05) is 41.2 Å². The van der Waals surface area contributed by atoms with E-state index in [-0.39, 0.29) is 5.91 Å². The number of carbonyl (C=O) groups is 1. The maximum Gasteiger partial charge on any atom is 0.253 e. The monoisotopic (exact) mass is 362 g/mol. The van der Waals surface area contributed by atoms with E-state index in [1.54, 1.807) is 7.11 Å². The number of aryl methyl sites for hydroxylation is 2. The van der Waals surface area contributed by atoms with E-state index in [1.807, 2.05) is 29.2 Å². The van der Waals surface area contributed by atoms with Gasteiger partial charge in [-0.25, -0.2) is 0 Å². The molecule has 0 atom stereocenters. The lowest BCUT2D eigenvalue weighted by molar-refractivity contribution is 0.0712. The van der Waals surface area contributed by atoms with Crippen molar-refractivity contribution < 1.29 is 9.53 Å². The smallest absolute Gasteiger partial charge is 0.253 e. The number of H-pyrrole nitrogens is 1. The minimum atomic E-state index is 0.0938. The number of methoxy groups -OCH3 is 1. The fourth-order valence-corrected chi connectivity index (χ4v) is 4.18. The van der Waals surface area contributed by atoms with Crippen molar-refractivity contribution in [2.75, 3.05) is 20.2 Å². The molecule has 0 bridgehead atoms. The fourth-order valence-electron chi connectivity index (χ4n) is 4.18. The molecular formula is C23H26N2O2. The van der Waals surface area contributed by atoms with Crippen LogP contribution in [-0.4, -0.2) is 36.0 Å². The van der Waals surface area contributed by atoms with Gasteiger partial charge in [0.1, 0.15) is 5.75 Å². The fraction of sp³-hybridized carbons (Fsp3) is 0.348. The summed E-state index contributed by atoms with van der Waals surface area (Å²) < 4.78 is 5.24. The molecule has 1 aromatic heterocycles. The summed E-state index contributed by atoms with van der Waals surface area (Å²) in [6, 6.07) is 14.0. The average Bonchev–Trinajstić information content (AvgIpc) is 3.03. The zero-order valence-electron chi connectivity index (χ0n) is 16.2. The highest BCUT2D eigenvalue weighted by Gasteiger charge is 2.27. The lowest BCUT2D eigenvalue weighted by atomic mass is 9.91. The molecule has 27 heavy (non-hydrogen) atoms. The van der Waals surface area contributed by atoms with Gasteiger partial charge in [-0.3, -0.25) is 4.79 Å². The Morgan fingerprint density at radius 1 is 1.11 bits per heavy atom. The molecule has 0 radical (unpaired) electrons. The number of rotatable bonds is 3. The summed E-state index contributed by atoms with van der Waals surface area (Å²) in [5.74, 6) is 1.29. The molecule has 0 aliphatic carbocycles. The van der Waals surface area contributed by atoms with Gasteiger partial charge in [-0.2, -0.15) is 0 Å². The Balaban J connectivity index is 1.49. The first kappa shape index (κ1) is 17.7. The number of fused-ring (bicyclic) bond motifs is 1. The van der Waals surface area contributed by atoms with Crippen LogP contribution < -0.4 is 4.74 Å². The van der Waals surface area contributed by atoms with Crippen molar-refractivity contribution in [3.63, 3.8) is 0 Å². The zero-order valence-corrected chi connectivity index (χ0v) is 16.2. The van der Waals surface area contributed by atoms with Crippen molar-refractivity contribution in [3.8, 4) is 5.75 Å². The number of ether oxygens (including phenoxy) is 1. The number of likely N-dealkylation sites (tertiary alicyclic amines) is 1. The lowest BCUT2D eigenvalue weighted by Crippen LogP contribution is -2.38. The maximum absolute atomic E-state index is 12.8. The quantitative estimate of drug-likeness (QED) is 0.726. The first-order valence-corrected chi connectivity index (χ1v) is 9.59. The molecule has 1 aliphatic heterocycles. The molecule has 2 heterocycles. The number of nitrogens with zero attached hydrogens (tertiary/aromatic N) is 1. The van der Waals surface area contributed by atoms with Crippen LogP contribution in [0, 0.1) is 13.8 Å². The molecular weight excluding hydrogens is 336 g/mol. The molecule has 1 amide bonds. The van der Waals surface area contributed by atoms with Crippen LogP contribution in [-0.2, 0) is 0 Å². The highest BCUT2D eigenvalue weighted by Crippen LogP contribution is 2.34. The molecule has 4 rings (SSSR count).